The van der Waals surface area contributed by atoms with Crippen LogP contribution in [0.2, 0.25) is 0 Å². The van der Waals surface area contributed by atoms with Gasteiger partial charge in [0, 0.05) is 44.8 Å². The Hall–Kier alpha value is -1.30. The van der Waals surface area contributed by atoms with Gasteiger partial charge in [-0.15, -0.1) is 12.4 Å². The highest BCUT2D eigenvalue weighted by molar-refractivity contribution is 5.94. The van der Waals surface area contributed by atoms with Crippen LogP contribution in [0, 0.1) is 5.41 Å². The van der Waals surface area contributed by atoms with Crippen molar-refractivity contribution in [1.29, 1.82) is 0 Å². The van der Waals surface area contributed by atoms with Crippen molar-refractivity contribution in [2.24, 2.45) is 5.41 Å². The molecule has 0 saturated carbocycles. The third-order valence-electron chi connectivity index (χ3n) is 5.04. The van der Waals surface area contributed by atoms with Crippen molar-refractivity contribution < 1.29 is 9.53 Å². The number of rotatable bonds is 4. The Morgan fingerprint density at radius 3 is 2.67 bits per heavy atom. The Labute approximate surface area is 150 Å². The van der Waals surface area contributed by atoms with Crippen molar-refractivity contribution in [2.45, 2.75) is 13.3 Å². The number of carbonyl (C=O) groups is 1. The number of benzene rings is 1. The third kappa shape index (κ3) is 4.41. The minimum Gasteiger partial charge on any atom is -0.497 e. The van der Waals surface area contributed by atoms with E-state index in [0.717, 1.165) is 51.6 Å². The van der Waals surface area contributed by atoms with Gasteiger partial charge in [0.05, 0.1) is 7.11 Å². The van der Waals surface area contributed by atoms with Crippen LogP contribution >= 0.6 is 12.4 Å². The molecule has 2 aliphatic rings. The topological polar surface area (TPSA) is 44.8 Å². The summed E-state index contributed by atoms with van der Waals surface area (Å²) in [7, 11) is 1.63. The molecule has 2 aliphatic heterocycles. The molecule has 1 aromatic carbocycles. The first-order valence-electron chi connectivity index (χ1n) is 8.46. The van der Waals surface area contributed by atoms with Gasteiger partial charge in [-0.1, -0.05) is 13.0 Å². The van der Waals surface area contributed by atoms with Crippen LogP contribution in [0.4, 0.5) is 0 Å². The van der Waals surface area contributed by atoms with Crippen LogP contribution in [0.15, 0.2) is 24.3 Å². The molecular formula is C18H28ClN3O2. The Balaban J connectivity index is 0.00000208. The third-order valence-corrected chi connectivity index (χ3v) is 5.04. The fourth-order valence-electron chi connectivity index (χ4n) is 3.59. The number of nitrogens with one attached hydrogen (secondary N) is 1. The average molecular weight is 354 g/mol. The van der Waals surface area contributed by atoms with Gasteiger partial charge in [0.15, 0.2) is 0 Å². The minimum absolute atomic E-state index is 0. The zero-order valence-electron chi connectivity index (χ0n) is 14.6. The zero-order chi connectivity index (χ0) is 16.3. The smallest absolute Gasteiger partial charge is 0.254 e. The van der Waals surface area contributed by atoms with E-state index in [4.69, 9.17) is 4.74 Å². The quantitative estimate of drug-likeness (QED) is 0.897. The molecule has 3 rings (SSSR count). The lowest BCUT2D eigenvalue weighted by Gasteiger charge is -2.38. The lowest BCUT2D eigenvalue weighted by atomic mass is 9.89. The number of ether oxygens (including phenoxy) is 1. The Bertz CT molecular complexity index is 553. The maximum Gasteiger partial charge on any atom is 0.254 e. The standard InChI is InChI=1S/C18H27N3O2.ClH/c1-18(6-7-19-13-18)14-20-8-10-21(11-9-20)17(22)15-4-3-5-16(12-15)23-2;/h3-5,12,19H,6-11,13-14H2,1-2H3;1H. The molecule has 134 valence electrons. The summed E-state index contributed by atoms with van der Waals surface area (Å²) in [4.78, 5) is 17.1. The SMILES string of the molecule is COc1cccc(C(=O)N2CCN(CC3(C)CCNC3)CC2)c1.Cl. The van der Waals surface area contributed by atoms with E-state index in [2.05, 4.69) is 17.1 Å². The zero-order valence-corrected chi connectivity index (χ0v) is 15.4. The van der Waals surface area contributed by atoms with E-state index in [1.807, 2.05) is 29.2 Å². The Kier molecular flexibility index (Phi) is 6.49. The van der Waals surface area contributed by atoms with Crippen LogP contribution in [0.3, 0.4) is 0 Å². The summed E-state index contributed by atoms with van der Waals surface area (Å²) in [5.41, 5.74) is 1.10. The molecule has 1 atom stereocenters. The van der Waals surface area contributed by atoms with Crippen LogP contribution in [0.25, 0.3) is 0 Å². The molecule has 0 spiro atoms. The number of hydrogen-bond acceptors (Lipinski definition) is 4. The molecule has 0 radical (unpaired) electrons. The van der Waals surface area contributed by atoms with Gasteiger partial charge >= 0.3 is 0 Å². The molecule has 5 nitrogen and oxygen atoms in total. The number of amides is 1. The number of piperazine rings is 1. The van der Waals surface area contributed by atoms with Gasteiger partial charge in [0.1, 0.15) is 5.75 Å². The monoisotopic (exact) mass is 353 g/mol. The number of hydrogen-bond donors (Lipinski definition) is 1. The van der Waals surface area contributed by atoms with E-state index in [9.17, 15) is 4.79 Å². The van der Waals surface area contributed by atoms with Gasteiger partial charge in [0.2, 0.25) is 0 Å². The van der Waals surface area contributed by atoms with Crippen molar-refractivity contribution in [3.63, 3.8) is 0 Å². The Morgan fingerprint density at radius 1 is 1.29 bits per heavy atom. The van der Waals surface area contributed by atoms with E-state index in [0.29, 0.717) is 11.0 Å². The molecule has 1 amide bonds. The molecule has 0 aliphatic carbocycles. The number of nitrogens with zero attached hydrogens (tertiary/aromatic N) is 2. The van der Waals surface area contributed by atoms with E-state index < -0.39 is 0 Å². The molecule has 24 heavy (non-hydrogen) atoms. The summed E-state index contributed by atoms with van der Waals surface area (Å²) in [6.45, 7) is 9.26. The average Bonchev–Trinajstić information content (AvgIpc) is 3.01. The minimum atomic E-state index is 0. The maximum atomic E-state index is 12.6. The fourth-order valence-corrected chi connectivity index (χ4v) is 3.59. The van der Waals surface area contributed by atoms with E-state index in [1.54, 1.807) is 7.11 Å². The lowest BCUT2D eigenvalue weighted by molar-refractivity contribution is 0.0581. The maximum absolute atomic E-state index is 12.6. The first-order chi connectivity index (χ1) is 11.1. The van der Waals surface area contributed by atoms with Crippen LogP contribution in [-0.2, 0) is 0 Å². The van der Waals surface area contributed by atoms with Crippen LogP contribution < -0.4 is 10.1 Å². The highest BCUT2D eigenvalue weighted by atomic mass is 35.5. The molecule has 6 heteroatoms. The molecule has 1 unspecified atom stereocenters. The van der Waals surface area contributed by atoms with Gasteiger partial charge in [0.25, 0.3) is 5.91 Å². The van der Waals surface area contributed by atoms with Crippen LogP contribution in [-0.4, -0.2) is 68.6 Å². The first-order valence-corrected chi connectivity index (χ1v) is 8.46. The van der Waals surface area contributed by atoms with Crippen molar-refractivity contribution >= 4 is 18.3 Å². The second-order valence-corrected chi connectivity index (χ2v) is 7.04. The summed E-state index contributed by atoms with van der Waals surface area (Å²) in [6.07, 6.45) is 1.25. The molecule has 2 fully saturated rings. The number of methoxy groups -OCH3 is 1. The summed E-state index contributed by atoms with van der Waals surface area (Å²) in [5.74, 6) is 0.841. The summed E-state index contributed by atoms with van der Waals surface area (Å²) in [5, 5.41) is 3.46. The molecule has 2 heterocycles. The van der Waals surface area contributed by atoms with Crippen molar-refractivity contribution in [2.75, 3.05) is 52.9 Å². The van der Waals surface area contributed by atoms with E-state index in [-0.39, 0.29) is 18.3 Å². The normalized spacial score (nSPS) is 24.5. The summed E-state index contributed by atoms with van der Waals surface area (Å²) in [6, 6.07) is 7.42. The van der Waals surface area contributed by atoms with Crippen LogP contribution in [0.5, 0.6) is 5.75 Å². The van der Waals surface area contributed by atoms with Crippen molar-refractivity contribution in [3.05, 3.63) is 29.8 Å². The lowest BCUT2D eigenvalue weighted by Crippen LogP contribution is -2.51. The molecular weight excluding hydrogens is 326 g/mol. The second-order valence-electron chi connectivity index (χ2n) is 7.04. The summed E-state index contributed by atoms with van der Waals surface area (Å²) >= 11 is 0. The van der Waals surface area contributed by atoms with Crippen molar-refractivity contribution in [1.82, 2.24) is 15.1 Å². The molecule has 2 saturated heterocycles. The first kappa shape index (κ1) is 19.0. The second kappa shape index (κ2) is 8.19. The Morgan fingerprint density at radius 2 is 2.04 bits per heavy atom. The van der Waals surface area contributed by atoms with Gasteiger partial charge in [-0.2, -0.15) is 0 Å². The van der Waals surface area contributed by atoms with Crippen LogP contribution in [0.1, 0.15) is 23.7 Å². The molecule has 1 aromatic rings. The summed E-state index contributed by atoms with van der Waals surface area (Å²) < 4.78 is 5.21. The van der Waals surface area contributed by atoms with Gasteiger partial charge < -0.3 is 15.0 Å². The number of carbonyl (C=O) groups excluding carboxylic acids is 1. The largest absolute Gasteiger partial charge is 0.497 e. The van der Waals surface area contributed by atoms with Gasteiger partial charge in [-0.25, -0.2) is 0 Å². The van der Waals surface area contributed by atoms with Crippen molar-refractivity contribution in [3.8, 4) is 5.75 Å². The predicted octanol–water partition coefficient (Wildman–Crippen LogP) is 1.87. The van der Waals surface area contributed by atoms with Gasteiger partial charge in [-0.3, -0.25) is 9.69 Å². The molecule has 1 N–H and O–H groups in total. The van der Waals surface area contributed by atoms with Gasteiger partial charge in [-0.05, 0) is 36.6 Å². The molecule has 0 aromatic heterocycles. The highest BCUT2D eigenvalue weighted by Gasteiger charge is 2.32. The molecule has 0 bridgehead atoms. The fraction of sp³-hybridized carbons (Fsp3) is 0.611. The predicted molar refractivity (Wildman–Crippen MR) is 98.2 cm³/mol. The van der Waals surface area contributed by atoms with E-state index in [1.165, 1.54) is 6.42 Å². The highest BCUT2D eigenvalue weighted by Crippen LogP contribution is 2.26. The van der Waals surface area contributed by atoms with E-state index >= 15 is 0 Å². The number of halogens is 1.